The number of nitrogens with one attached hydrogen (secondary N) is 1. The van der Waals surface area contributed by atoms with Gasteiger partial charge in [0.25, 0.3) is 0 Å². The maximum atomic E-state index is 12.4. The molecule has 4 aromatic rings. The van der Waals surface area contributed by atoms with Crippen LogP contribution in [-0.4, -0.2) is 26.4 Å². The Morgan fingerprint density at radius 2 is 1.67 bits per heavy atom. The van der Waals surface area contributed by atoms with E-state index in [1.807, 2.05) is 84.3 Å². The van der Waals surface area contributed by atoms with Gasteiger partial charge in [0, 0.05) is 6.54 Å². The molecular weight excluding hydrogens is 432 g/mol. The highest BCUT2D eigenvalue weighted by molar-refractivity contribution is 7.99. The van der Waals surface area contributed by atoms with Gasteiger partial charge in [-0.2, -0.15) is 0 Å². The lowest BCUT2D eigenvalue weighted by Crippen LogP contribution is -2.24. The highest BCUT2D eigenvalue weighted by Crippen LogP contribution is 2.21. The van der Waals surface area contributed by atoms with Crippen molar-refractivity contribution in [1.82, 2.24) is 20.1 Å². The van der Waals surface area contributed by atoms with Crippen molar-refractivity contribution in [1.29, 1.82) is 0 Å². The van der Waals surface area contributed by atoms with E-state index in [1.165, 1.54) is 11.8 Å². The van der Waals surface area contributed by atoms with E-state index in [0.717, 1.165) is 22.4 Å². The van der Waals surface area contributed by atoms with Gasteiger partial charge in [0.1, 0.15) is 12.4 Å². The molecule has 7 heteroatoms. The molecule has 1 N–H and O–H groups in total. The molecule has 1 heterocycles. The number of thioether (sulfide) groups is 1. The Bertz CT molecular complexity index is 1180. The van der Waals surface area contributed by atoms with Crippen molar-refractivity contribution in [3.8, 4) is 5.75 Å². The van der Waals surface area contributed by atoms with Crippen molar-refractivity contribution in [2.45, 2.75) is 31.8 Å². The van der Waals surface area contributed by atoms with E-state index < -0.39 is 0 Å². The maximum Gasteiger partial charge on any atom is 0.230 e. The molecule has 0 radical (unpaired) electrons. The minimum atomic E-state index is -0.0457. The number of amides is 1. The third-order valence-electron chi connectivity index (χ3n) is 5.00. The van der Waals surface area contributed by atoms with Crippen LogP contribution in [0.1, 0.15) is 22.5 Å². The van der Waals surface area contributed by atoms with Gasteiger partial charge >= 0.3 is 0 Å². The summed E-state index contributed by atoms with van der Waals surface area (Å²) in [5.41, 5.74) is 3.33. The highest BCUT2D eigenvalue weighted by Gasteiger charge is 2.15. The zero-order chi connectivity index (χ0) is 22.9. The van der Waals surface area contributed by atoms with Gasteiger partial charge in [0.2, 0.25) is 5.91 Å². The molecule has 33 heavy (non-hydrogen) atoms. The molecule has 6 nitrogen and oxygen atoms in total. The summed E-state index contributed by atoms with van der Waals surface area (Å²) in [4.78, 5) is 12.4. The fourth-order valence-corrected chi connectivity index (χ4v) is 4.07. The van der Waals surface area contributed by atoms with Crippen molar-refractivity contribution in [2.24, 2.45) is 0 Å². The number of hydrogen-bond donors (Lipinski definition) is 1. The number of benzene rings is 3. The normalized spacial score (nSPS) is 10.7. The Hall–Kier alpha value is -3.58. The van der Waals surface area contributed by atoms with Crippen molar-refractivity contribution in [3.05, 3.63) is 107 Å². The number of hydrogen-bond acceptors (Lipinski definition) is 5. The summed E-state index contributed by atoms with van der Waals surface area (Å²) in [7, 11) is 0. The van der Waals surface area contributed by atoms with Crippen LogP contribution < -0.4 is 10.1 Å². The van der Waals surface area contributed by atoms with Crippen LogP contribution in [0, 0.1) is 6.92 Å². The van der Waals surface area contributed by atoms with Crippen LogP contribution in [0.3, 0.4) is 0 Å². The van der Waals surface area contributed by atoms with Gasteiger partial charge in [-0.15, -0.1) is 10.2 Å². The molecule has 1 amide bonds. The number of rotatable bonds is 10. The minimum absolute atomic E-state index is 0.0457. The quantitative estimate of drug-likeness (QED) is 0.351. The minimum Gasteiger partial charge on any atom is -0.486 e. The first kappa shape index (κ1) is 22.6. The molecule has 3 aromatic carbocycles. The molecule has 0 aliphatic carbocycles. The fraction of sp³-hybridized carbons (Fsp3) is 0.192. The van der Waals surface area contributed by atoms with E-state index in [0.29, 0.717) is 30.7 Å². The van der Waals surface area contributed by atoms with E-state index in [1.54, 1.807) is 0 Å². The number of aromatic nitrogens is 3. The molecule has 0 fully saturated rings. The van der Waals surface area contributed by atoms with Crippen LogP contribution in [-0.2, 0) is 24.5 Å². The Balaban J connectivity index is 1.42. The monoisotopic (exact) mass is 458 g/mol. The lowest BCUT2D eigenvalue weighted by atomic mass is 10.2. The second kappa shape index (κ2) is 11.3. The van der Waals surface area contributed by atoms with Crippen molar-refractivity contribution < 1.29 is 9.53 Å². The van der Waals surface area contributed by atoms with Gasteiger partial charge in [-0.1, -0.05) is 84.6 Å². The molecule has 4 rings (SSSR count). The van der Waals surface area contributed by atoms with Crippen molar-refractivity contribution >= 4 is 17.7 Å². The maximum absolute atomic E-state index is 12.4. The number of ether oxygens (including phenoxy) is 1. The summed E-state index contributed by atoms with van der Waals surface area (Å²) >= 11 is 1.38. The van der Waals surface area contributed by atoms with Crippen LogP contribution in [0.25, 0.3) is 0 Å². The van der Waals surface area contributed by atoms with E-state index in [2.05, 4.69) is 27.6 Å². The predicted octanol–water partition coefficient (Wildman–Crippen LogP) is 4.62. The van der Waals surface area contributed by atoms with E-state index >= 15 is 0 Å². The summed E-state index contributed by atoms with van der Waals surface area (Å²) in [5.74, 6) is 1.72. The molecule has 1 aromatic heterocycles. The Kier molecular flexibility index (Phi) is 7.76. The molecular formula is C26H26N4O2S. The second-order valence-corrected chi connectivity index (χ2v) is 8.57. The fourth-order valence-electron chi connectivity index (χ4n) is 3.29. The van der Waals surface area contributed by atoms with Crippen molar-refractivity contribution in [2.75, 3.05) is 5.75 Å². The number of carbonyl (C=O) groups excluding carboxylic acids is 1. The van der Waals surface area contributed by atoms with Gasteiger partial charge in [-0.05, 0) is 35.7 Å². The largest absolute Gasteiger partial charge is 0.486 e. The van der Waals surface area contributed by atoms with Crippen LogP contribution in [0.5, 0.6) is 5.75 Å². The topological polar surface area (TPSA) is 69.0 Å². The molecule has 0 aliphatic rings. The van der Waals surface area contributed by atoms with Crippen molar-refractivity contribution in [3.63, 3.8) is 0 Å². The Labute approximate surface area is 198 Å². The first-order valence-corrected chi connectivity index (χ1v) is 11.7. The average molecular weight is 459 g/mol. The average Bonchev–Trinajstić information content (AvgIpc) is 3.22. The molecule has 0 unspecified atom stereocenters. The van der Waals surface area contributed by atoms with Gasteiger partial charge < -0.3 is 10.1 Å². The van der Waals surface area contributed by atoms with E-state index in [4.69, 9.17) is 4.74 Å². The summed E-state index contributed by atoms with van der Waals surface area (Å²) in [6.45, 7) is 3.44. The van der Waals surface area contributed by atoms with Crippen LogP contribution in [0.15, 0.2) is 90.1 Å². The lowest BCUT2D eigenvalue weighted by Gasteiger charge is -2.12. The summed E-state index contributed by atoms with van der Waals surface area (Å²) in [5, 5.41) is 12.4. The molecule has 0 aliphatic heterocycles. The third-order valence-corrected chi connectivity index (χ3v) is 5.97. The zero-order valence-corrected chi connectivity index (χ0v) is 19.3. The standard InChI is InChI=1S/C26H26N4O2S/c1-20-9-8-14-23(15-20)32-18-24-28-29-26(30(24)17-22-12-6-3-7-13-22)33-19-25(31)27-16-21-10-4-2-5-11-21/h2-15H,16-19H2,1H3,(H,27,31). The van der Waals surface area contributed by atoms with Gasteiger partial charge in [-0.25, -0.2) is 0 Å². The van der Waals surface area contributed by atoms with Crippen LogP contribution in [0.2, 0.25) is 0 Å². The lowest BCUT2D eigenvalue weighted by molar-refractivity contribution is -0.118. The summed E-state index contributed by atoms with van der Waals surface area (Å²) in [6.07, 6.45) is 0. The second-order valence-electron chi connectivity index (χ2n) is 7.63. The van der Waals surface area contributed by atoms with Crippen LogP contribution in [0.4, 0.5) is 0 Å². The van der Waals surface area contributed by atoms with Gasteiger partial charge in [0.15, 0.2) is 11.0 Å². The predicted molar refractivity (Wildman–Crippen MR) is 130 cm³/mol. The highest BCUT2D eigenvalue weighted by atomic mass is 32.2. The summed E-state index contributed by atoms with van der Waals surface area (Å²) in [6, 6.07) is 27.9. The van der Waals surface area contributed by atoms with Crippen LogP contribution >= 0.6 is 11.8 Å². The summed E-state index contributed by atoms with van der Waals surface area (Å²) < 4.78 is 7.98. The van der Waals surface area contributed by atoms with E-state index in [-0.39, 0.29) is 11.7 Å². The van der Waals surface area contributed by atoms with Gasteiger partial charge in [0.05, 0.1) is 12.3 Å². The molecule has 0 atom stereocenters. The molecule has 168 valence electrons. The SMILES string of the molecule is Cc1cccc(OCc2nnc(SCC(=O)NCc3ccccc3)n2Cc2ccccc2)c1. The first-order valence-electron chi connectivity index (χ1n) is 10.8. The van der Waals surface area contributed by atoms with Gasteiger partial charge in [-0.3, -0.25) is 9.36 Å². The molecule has 0 saturated carbocycles. The number of nitrogens with zero attached hydrogens (tertiary/aromatic N) is 3. The first-order chi connectivity index (χ1) is 16.2. The van der Waals surface area contributed by atoms with E-state index in [9.17, 15) is 4.79 Å². The smallest absolute Gasteiger partial charge is 0.230 e. The third kappa shape index (κ3) is 6.70. The Morgan fingerprint density at radius 3 is 2.39 bits per heavy atom. The number of carbonyl (C=O) groups is 1. The Morgan fingerprint density at radius 1 is 0.939 bits per heavy atom. The molecule has 0 bridgehead atoms. The molecule has 0 spiro atoms. The number of aryl methyl sites for hydroxylation is 1. The molecule has 0 saturated heterocycles. The zero-order valence-electron chi connectivity index (χ0n) is 18.5.